The van der Waals surface area contributed by atoms with Gasteiger partial charge in [0.05, 0.1) is 18.8 Å². The number of morpholine rings is 1. The number of amides is 1. The van der Waals surface area contributed by atoms with Crippen LogP contribution in [0.1, 0.15) is 34.3 Å². The van der Waals surface area contributed by atoms with Gasteiger partial charge in [-0.1, -0.05) is 24.3 Å². The Morgan fingerprint density at radius 1 is 1.00 bits per heavy atom. The van der Waals surface area contributed by atoms with Crippen molar-refractivity contribution in [3.05, 3.63) is 65.5 Å². The molecular formula is C23H29N3O2. The fraction of sp³-hybridized carbons (Fsp3) is 0.478. The lowest BCUT2D eigenvalue weighted by Gasteiger charge is -2.32. The molecular weight excluding hydrogens is 350 g/mol. The van der Waals surface area contributed by atoms with Crippen molar-refractivity contribution in [2.24, 2.45) is 5.92 Å². The van der Waals surface area contributed by atoms with Crippen molar-refractivity contribution in [2.45, 2.75) is 25.8 Å². The Morgan fingerprint density at radius 3 is 2.39 bits per heavy atom. The Labute approximate surface area is 167 Å². The van der Waals surface area contributed by atoms with Crippen LogP contribution < -0.4 is 0 Å². The van der Waals surface area contributed by atoms with Crippen molar-refractivity contribution in [1.29, 1.82) is 0 Å². The highest BCUT2D eigenvalue weighted by molar-refractivity contribution is 5.93. The summed E-state index contributed by atoms with van der Waals surface area (Å²) in [5, 5.41) is 0. The topological polar surface area (TPSA) is 45.7 Å². The molecule has 2 saturated heterocycles. The molecule has 0 spiro atoms. The van der Waals surface area contributed by atoms with E-state index < -0.39 is 0 Å². The quantitative estimate of drug-likeness (QED) is 0.801. The van der Waals surface area contributed by atoms with Crippen LogP contribution in [-0.4, -0.2) is 60.1 Å². The maximum Gasteiger partial charge on any atom is 0.255 e. The van der Waals surface area contributed by atoms with Gasteiger partial charge in [0.2, 0.25) is 0 Å². The van der Waals surface area contributed by atoms with E-state index in [1.165, 1.54) is 11.1 Å². The zero-order chi connectivity index (χ0) is 19.2. The van der Waals surface area contributed by atoms with Gasteiger partial charge in [0, 0.05) is 45.1 Å². The molecule has 2 aromatic rings. The SMILES string of the molecule is O=C(c1cccnc1)N1CCC(Cc2ccc(CN3CCOCC3)cc2)CC1. The number of aromatic nitrogens is 1. The lowest BCUT2D eigenvalue weighted by atomic mass is 9.89. The van der Waals surface area contributed by atoms with Crippen LogP contribution in [0.3, 0.4) is 0 Å². The lowest BCUT2D eigenvalue weighted by molar-refractivity contribution is 0.0342. The predicted octanol–water partition coefficient (Wildman–Crippen LogP) is 3.01. The van der Waals surface area contributed by atoms with E-state index in [0.29, 0.717) is 11.5 Å². The van der Waals surface area contributed by atoms with E-state index in [9.17, 15) is 4.79 Å². The fourth-order valence-corrected chi connectivity index (χ4v) is 4.14. The summed E-state index contributed by atoms with van der Waals surface area (Å²) in [5.74, 6) is 0.766. The molecule has 5 heteroatoms. The largest absolute Gasteiger partial charge is 0.379 e. The van der Waals surface area contributed by atoms with E-state index in [4.69, 9.17) is 4.74 Å². The molecule has 5 nitrogen and oxygen atoms in total. The van der Waals surface area contributed by atoms with Crippen LogP contribution in [-0.2, 0) is 17.7 Å². The Morgan fingerprint density at radius 2 is 1.71 bits per heavy atom. The van der Waals surface area contributed by atoms with E-state index in [1.54, 1.807) is 12.4 Å². The molecule has 1 aromatic heterocycles. The summed E-state index contributed by atoms with van der Waals surface area (Å²) in [6, 6.07) is 12.8. The molecule has 148 valence electrons. The lowest BCUT2D eigenvalue weighted by Crippen LogP contribution is -2.38. The molecule has 0 aliphatic carbocycles. The number of likely N-dealkylation sites (tertiary alicyclic amines) is 1. The van der Waals surface area contributed by atoms with E-state index >= 15 is 0 Å². The number of hydrogen-bond acceptors (Lipinski definition) is 4. The molecule has 0 saturated carbocycles. The zero-order valence-corrected chi connectivity index (χ0v) is 16.4. The maximum atomic E-state index is 12.5. The molecule has 3 heterocycles. The van der Waals surface area contributed by atoms with Crippen LogP contribution in [0.5, 0.6) is 0 Å². The smallest absolute Gasteiger partial charge is 0.255 e. The minimum atomic E-state index is 0.110. The molecule has 0 unspecified atom stereocenters. The van der Waals surface area contributed by atoms with Crippen LogP contribution in [0.4, 0.5) is 0 Å². The maximum absolute atomic E-state index is 12.5. The second-order valence-electron chi connectivity index (χ2n) is 7.89. The molecule has 2 aliphatic rings. The molecule has 1 amide bonds. The molecule has 2 aliphatic heterocycles. The Bertz CT molecular complexity index is 749. The zero-order valence-electron chi connectivity index (χ0n) is 16.4. The van der Waals surface area contributed by atoms with Crippen molar-refractivity contribution >= 4 is 5.91 Å². The standard InChI is InChI=1S/C23H29N3O2/c27-23(22-2-1-9-24-17-22)26-10-7-20(8-11-26)16-19-3-5-21(6-4-19)18-25-12-14-28-15-13-25/h1-6,9,17,20H,7-8,10-16,18H2. The highest BCUT2D eigenvalue weighted by Crippen LogP contribution is 2.23. The number of carbonyl (C=O) groups is 1. The summed E-state index contributed by atoms with van der Waals surface area (Å²) in [6.45, 7) is 6.44. The van der Waals surface area contributed by atoms with Gasteiger partial charge in [-0.15, -0.1) is 0 Å². The van der Waals surface area contributed by atoms with Gasteiger partial charge < -0.3 is 9.64 Å². The minimum absolute atomic E-state index is 0.110. The van der Waals surface area contributed by atoms with Gasteiger partial charge in [0.1, 0.15) is 0 Å². The first kappa shape index (κ1) is 19.1. The molecule has 0 radical (unpaired) electrons. The summed E-state index contributed by atoms with van der Waals surface area (Å²) in [5.41, 5.74) is 3.47. The normalized spacial score (nSPS) is 18.9. The van der Waals surface area contributed by atoms with Crippen LogP contribution in [0.2, 0.25) is 0 Å². The molecule has 0 atom stereocenters. The van der Waals surface area contributed by atoms with E-state index in [1.807, 2.05) is 17.0 Å². The highest BCUT2D eigenvalue weighted by atomic mass is 16.5. The molecule has 0 bridgehead atoms. The third-order valence-corrected chi connectivity index (χ3v) is 5.87. The van der Waals surface area contributed by atoms with Crippen molar-refractivity contribution in [2.75, 3.05) is 39.4 Å². The predicted molar refractivity (Wildman–Crippen MR) is 109 cm³/mol. The summed E-state index contributed by atoms with van der Waals surface area (Å²) >= 11 is 0. The summed E-state index contributed by atoms with van der Waals surface area (Å²) in [6.07, 6.45) is 6.61. The monoisotopic (exact) mass is 379 g/mol. The Balaban J connectivity index is 1.25. The van der Waals surface area contributed by atoms with Gasteiger partial charge in [0.15, 0.2) is 0 Å². The third-order valence-electron chi connectivity index (χ3n) is 5.87. The van der Waals surface area contributed by atoms with Crippen LogP contribution >= 0.6 is 0 Å². The van der Waals surface area contributed by atoms with Gasteiger partial charge in [-0.3, -0.25) is 14.7 Å². The average molecular weight is 380 g/mol. The molecule has 2 fully saturated rings. The minimum Gasteiger partial charge on any atom is -0.379 e. The molecule has 4 rings (SSSR count). The van der Waals surface area contributed by atoms with Crippen molar-refractivity contribution in [3.8, 4) is 0 Å². The number of pyridine rings is 1. The van der Waals surface area contributed by atoms with Gasteiger partial charge in [0.25, 0.3) is 5.91 Å². The number of piperidine rings is 1. The molecule has 28 heavy (non-hydrogen) atoms. The Kier molecular flexibility index (Phi) is 6.34. The number of carbonyl (C=O) groups excluding carboxylic acids is 1. The Hall–Kier alpha value is -2.24. The summed E-state index contributed by atoms with van der Waals surface area (Å²) in [7, 11) is 0. The van der Waals surface area contributed by atoms with E-state index in [-0.39, 0.29) is 5.91 Å². The van der Waals surface area contributed by atoms with Gasteiger partial charge in [-0.2, -0.15) is 0 Å². The van der Waals surface area contributed by atoms with Crippen LogP contribution in [0, 0.1) is 5.92 Å². The van der Waals surface area contributed by atoms with Crippen molar-refractivity contribution < 1.29 is 9.53 Å². The number of benzene rings is 1. The van der Waals surface area contributed by atoms with Gasteiger partial charge in [-0.05, 0) is 48.4 Å². The highest BCUT2D eigenvalue weighted by Gasteiger charge is 2.23. The summed E-state index contributed by atoms with van der Waals surface area (Å²) < 4.78 is 5.42. The van der Waals surface area contributed by atoms with E-state index in [2.05, 4.69) is 34.1 Å². The van der Waals surface area contributed by atoms with Crippen LogP contribution in [0.25, 0.3) is 0 Å². The second-order valence-corrected chi connectivity index (χ2v) is 7.89. The first-order valence-corrected chi connectivity index (χ1v) is 10.3. The average Bonchev–Trinajstić information content (AvgIpc) is 2.76. The van der Waals surface area contributed by atoms with Gasteiger partial charge >= 0.3 is 0 Å². The summed E-state index contributed by atoms with van der Waals surface area (Å²) in [4.78, 5) is 21.0. The van der Waals surface area contributed by atoms with Crippen molar-refractivity contribution in [1.82, 2.24) is 14.8 Å². The van der Waals surface area contributed by atoms with Gasteiger partial charge in [-0.25, -0.2) is 0 Å². The van der Waals surface area contributed by atoms with Crippen LogP contribution in [0.15, 0.2) is 48.8 Å². The number of ether oxygens (including phenoxy) is 1. The number of rotatable bonds is 5. The fourth-order valence-electron chi connectivity index (χ4n) is 4.14. The first-order valence-electron chi connectivity index (χ1n) is 10.3. The van der Waals surface area contributed by atoms with Crippen molar-refractivity contribution in [3.63, 3.8) is 0 Å². The number of nitrogens with zero attached hydrogens (tertiary/aromatic N) is 3. The second kappa shape index (κ2) is 9.30. The number of hydrogen-bond donors (Lipinski definition) is 0. The molecule has 0 N–H and O–H groups in total. The van der Waals surface area contributed by atoms with E-state index in [0.717, 1.165) is 65.2 Å². The molecule has 1 aromatic carbocycles. The first-order chi connectivity index (χ1) is 13.8. The third kappa shape index (κ3) is 4.97.